The Kier molecular flexibility index (Phi) is 25.5. The zero-order chi connectivity index (χ0) is 57.4. The van der Waals surface area contributed by atoms with Gasteiger partial charge in [0.05, 0.1) is 46.1 Å². The fraction of sp³-hybridized carbons (Fsp3) is 0.973. The van der Waals surface area contributed by atoms with Crippen LogP contribution in [0.15, 0.2) is 0 Å². The van der Waals surface area contributed by atoms with Crippen molar-refractivity contribution in [3.63, 3.8) is 0 Å². The molecule has 10 rings (SSSR count). The molecule has 82 heavy (non-hydrogen) atoms. The first kappa shape index (κ1) is 65.5. The fourth-order valence-corrected chi connectivity index (χ4v) is 20.5. The van der Waals surface area contributed by atoms with Gasteiger partial charge in [-0.2, -0.15) is 0 Å². The molecule has 0 amide bonds. The van der Waals surface area contributed by atoms with E-state index in [0.717, 1.165) is 153 Å². The molecule has 0 atom stereocenters. The molecule has 0 saturated heterocycles. The van der Waals surface area contributed by atoms with Gasteiger partial charge in [-0.3, -0.25) is 9.59 Å². The molecule has 0 aromatic rings. The molecule has 10 fully saturated rings. The van der Waals surface area contributed by atoms with Gasteiger partial charge < -0.3 is 18.9 Å². The Morgan fingerprint density at radius 2 is 0.463 bits per heavy atom. The summed E-state index contributed by atoms with van der Waals surface area (Å²) in [6, 6.07) is 0. The van der Waals surface area contributed by atoms with Crippen LogP contribution in [-0.4, -0.2) is 74.8 Å². The van der Waals surface area contributed by atoms with Crippen molar-refractivity contribution in [1.29, 1.82) is 0 Å². The quantitative estimate of drug-likeness (QED) is 0.0804. The minimum absolute atomic E-state index is 0.345. The third-order valence-corrected chi connectivity index (χ3v) is 25.9. The Labute approximate surface area is 501 Å². The Bertz CT molecular complexity index is 1700. The van der Waals surface area contributed by atoms with Crippen molar-refractivity contribution in [3.8, 4) is 0 Å². The molecule has 0 aliphatic heterocycles. The standard InChI is InChI=1S/C38H65FO3.C36H61FO3/c1-3-5-7-9-27-41-33-15-11-29(12-16-33)31-19-23-37(24-20-31)35(39)38(36(37)40)25-21-32(22-26-38)30-13-17-34(18-14-30)42-28-10-8-6-4-2;1-3-5-7-25-39-31-13-9-27(10-14-31)29-17-21-35(22-18-29)33(37)36(34(35)38)23-19-30(20-24-36)28-11-15-32(16-12-28)40-26-8-6-4-2/h29-35H,3-28H2,1-2H3;27-33H,3-26H2,1-2H3. The Hall–Kier alpha value is -0.960. The van der Waals surface area contributed by atoms with E-state index in [1.165, 1.54) is 193 Å². The van der Waals surface area contributed by atoms with Gasteiger partial charge in [-0.1, -0.05) is 91.9 Å². The predicted molar refractivity (Wildman–Crippen MR) is 331 cm³/mol. The number of alkyl halides is 2. The molecule has 0 radical (unpaired) electrons. The smallest absolute Gasteiger partial charge is 0.151 e. The summed E-state index contributed by atoms with van der Waals surface area (Å²) in [5.74, 6) is 6.55. The lowest BCUT2D eigenvalue weighted by Crippen LogP contribution is -2.69. The average Bonchev–Trinajstić information content (AvgIpc) is 1.10. The van der Waals surface area contributed by atoms with Crippen LogP contribution in [0.25, 0.3) is 0 Å². The molecule has 0 bridgehead atoms. The second-order valence-electron chi connectivity index (χ2n) is 30.5. The number of carbonyl (C=O) groups is 2. The molecule has 0 aromatic carbocycles. The highest BCUT2D eigenvalue weighted by Gasteiger charge is 2.73. The second-order valence-corrected chi connectivity index (χ2v) is 30.5. The van der Waals surface area contributed by atoms with Crippen molar-refractivity contribution in [2.24, 2.45) is 69.0 Å². The number of hydrogen-bond acceptors (Lipinski definition) is 6. The van der Waals surface area contributed by atoms with E-state index in [-0.39, 0.29) is 0 Å². The molecule has 10 aliphatic carbocycles. The lowest BCUT2D eigenvalue weighted by molar-refractivity contribution is -0.195. The summed E-state index contributed by atoms with van der Waals surface area (Å²) in [7, 11) is 0. The summed E-state index contributed by atoms with van der Waals surface area (Å²) >= 11 is 0. The predicted octanol–water partition coefficient (Wildman–Crippen LogP) is 20.4. The maximum Gasteiger partial charge on any atom is 0.151 e. The van der Waals surface area contributed by atoms with Gasteiger partial charge in [-0.15, -0.1) is 0 Å². The lowest BCUT2D eigenvalue weighted by Gasteiger charge is -2.62. The monoisotopic (exact) mass is 1150 g/mol. The summed E-state index contributed by atoms with van der Waals surface area (Å²) in [6.45, 7) is 12.7. The van der Waals surface area contributed by atoms with Crippen LogP contribution in [0.2, 0.25) is 0 Å². The van der Waals surface area contributed by atoms with Gasteiger partial charge in [-0.25, -0.2) is 8.78 Å². The first-order chi connectivity index (χ1) is 40.0. The fourth-order valence-electron chi connectivity index (χ4n) is 20.5. The van der Waals surface area contributed by atoms with Crippen molar-refractivity contribution in [2.75, 3.05) is 26.4 Å². The number of unbranched alkanes of at least 4 members (excludes halogenated alkanes) is 10. The number of Topliss-reactive ketones (excluding diaryl/α,β-unsaturated/α-hetero) is 2. The van der Waals surface area contributed by atoms with Crippen LogP contribution in [0.4, 0.5) is 8.78 Å². The van der Waals surface area contributed by atoms with Gasteiger partial charge in [0.15, 0.2) is 11.6 Å². The molecule has 8 heteroatoms. The van der Waals surface area contributed by atoms with Crippen LogP contribution >= 0.6 is 0 Å². The van der Waals surface area contributed by atoms with Crippen molar-refractivity contribution < 1.29 is 37.3 Å². The summed E-state index contributed by atoms with van der Waals surface area (Å²) in [5.41, 5.74) is -2.46. The van der Waals surface area contributed by atoms with Gasteiger partial charge in [-0.05, 0) is 278 Å². The zero-order valence-corrected chi connectivity index (χ0v) is 53.6. The number of carbonyl (C=O) groups excluding carboxylic acids is 2. The average molecular weight is 1150 g/mol. The second kappa shape index (κ2) is 32.0. The van der Waals surface area contributed by atoms with Gasteiger partial charge in [0.2, 0.25) is 0 Å². The normalized spacial score (nSPS) is 41.5. The summed E-state index contributed by atoms with van der Waals surface area (Å²) < 4.78 is 57.1. The topological polar surface area (TPSA) is 71.1 Å². The van der Waals surface area contributed by atoms with Crippen LogP contribution < -0.4 is 0 Å². The molecule has 10 aliphatic rings. The molecule has 0 heterocycles. The van der Waals surface area contributed by atoms with Crippen LogP contribution in [0.1, 0.15) is 323 Å². The zero-order valence-electron chi connectivity index (χ0n) is 53.6. The minimum Gasteiger partial charge on any atom is -0.378 e. The van der Waals surface area contributed by atoms with Gasteiger partial charge in [0, 0.05) is 26.4 Å². The van der Waals surface area contributed by atoms with E-state index in [1.54, 1.807) is 0 Å². The molecule has 4 spiro atoms. The summed E-state index contributed by atoms with van der Waals surface area (Å²) in [4.78, 5) is 27.6. The van der Waals surface area contributed by atoms with Crippen LogP contribution in [0.5, 0.6) is 0 Å². The molecule has 10 saturated carbocycles. The molecule has 0 unspecified atom stereocenters. The lowest BCUT2D eigenvalue weighted by atomic mass is 9.41. The van der Waals surface area contributed by atoms with E-state index in [1.807, 2.05) is 0 Å². The van der Waals surface area contributed by atoms with Crippen LogP contribution in [0.3, 0.4) is 0 Å². The Morgan fingerprint density at radius 1 is 0.280 bits per heavy atom. The molecular formula is C74H126F2O6. The minimum atomic E-state index is -0.881. The highest BCUT2D eigenvalue weighted by molar-refractivity contribution is 5.99. The summed E-state index contributed by atoms with van der Waals surface area (Å²) in [6.07, 6.45) is 52.5. The van der Waals surface area contributed by atoms with Gasteiger partial charge >= 0.3 is 0 Å². The maximum absolute atomic E-state index is 16.2. The maximum atomic E-state index is 16.2. The van der Waals surface area contributed by atoms with Crippen molar-refractivity contribution in [3.05, 3.63) is 0 Å². The third kappa shape index (κ3) is 15.4. The van der Waals surface area contributed by atoms with Crippen molar-refractivity contribution >= 4 is 11.6 Å². The molecule has 0 N–H and O–H groups in total. The Balaban J connectivity index is 0.000000198. The molecule has 472 valence electrons. The third-order valence-electron chi connectivity index (χ3n) is 25.9. The molecule has 0 aromatic heterocycles. The first-order valence-corrected chi connectivity index (χ1v) is 36.9. The van der Waals surface area contributed by atoms with Gasteiger partial charge in [0.25, 0.3) is 0 Å². The van der Waals surface area contributed by atoms with Crippen molar-refractivity contribution in [1.82, 2.24) is 0 Å². The van der Waals surface area contributed by atoms with Crippen LogP contribution in [-0.2, 0) is 28.5 Å². The number of hydrogen-bond donors (Lipinski definition) is 0. The molecular weight excluding hydrogens is 1020 g/mol. The number of ether oxygens (including phenoxy) is 4. The number of halogens is 2. The SMILES string of the molecule is CCCCCCOC1CCC(C2CCC3(CC2)C(=O)C2(CCC(C4CCC(OCCCCCC)CC4)CC2)C3F)CC1.CCCCCOC1CCC(C2CCC3(CC2)C(=O)C2(CCC(C4CCC(OCCCCC)CC4)CC2)C3F)CC1. The summed E-state index contributed by atoms with van der Waals surface area (Å²) in [5, 5.41) is 0. The number of rotatable bonds is 26. The van der Waals surface area contributed by atoms with Crippen molar-refractivity contribution in [2.45, 2.75) is 360 Å². The first-order valence-electron chi connectivity index (χ1n) is 36.9. The van der Waals surface area contributed by atoms with E-state index < -0.39 is 34.0 Å². The van der Waals surface area contributed by atoms with Crippen LogP contribution in [0, 0.1) is 69.0 Å². The molecule has 6 nitrogen and oxygen atoms in total. The van der Waals surface area contributed by atoms with Gasteiger partial charge in [0.1, 0.15) is 12.3 Å². The number of ketones is 2. The highest BCUT2D eigenvalue weighted by atomic mass is 19.1. The largest absolute Gasteiger partial charge is 0.378 e. The van der Waals surface area contributed by atoms with E-state index in [2.05, 4.69) is 27.7 Å². The van der Waals surface area contributed by atoms with E-state index in [0.29, 0.717) is 59.7 Å². The highest BCUT2D eigenvalue weighted by Crippen LogP contribution is 2.68. The Morgan fingerprint density at radius 3 is 0.659 bits per heavy atom. The van der Waals surface area contributed by atoms with E-state index in [9.17, 15) is 9.59 Å². The van der Waals surface area contributed by atoms with E-state index >= 15 is 8.78 Å². The van der Waals surface area contributed by atoms with E-state index in [4.69, 9.17) is 18.9 Å².